The third-order valence-corrected chi connectivity index (χ3v) is 3.91. The van der Waals surface area contributed by atoms with Crippen LogP contribution in [0.2, 0.25) is 0 Å². The predicted molar refractivity (Wildman–Crippen MR) is 79.7 cm³/mol. The van der Waals surface area contributed by atoms with Gasteiger partial charge in [-0.3, -0.25) is 0 Å². The summed E-state index contributed by atoms with van der Waals surface area (Å²) >= 11 is 1.60. The van der Waals surface area contributed by atoms with E-state index < -0.39 is 0 Å². The van der Waals surface area contributed by atoms with E-state index in [0.717, 1.165) is 31.0 Å². The maximum Gasteiger partial charge on any atom is 0.143 e. The van der Waals surface area contributed by atoms with Gasteiger partial charge in [0.05, 0.1) is 0 Å². The van der Waals surface area contributed by atoms with Crippen molar-refractivity contribution >= 4 is 16.8 Å². The summed E-state index contributed by atoms with van der Waals surface area (Å²) < 4.78 is 0. The molecule has 0 saturated carbocycles. The van der Waals surface area contributed by atoms with E-state index in [0.29, 0.717) is 5.04 Å². The summed E-state index contributed by atoms with van der Waals surface area (Å²) in [6.45, 7) is 9.51. The Morgan fingerprint density at radius 1 is 1.22 bits per heavy atom. The van der Waals surface area contributed by atoms with Gasteiger partial charge in [0.25, 0.3) is 0 Å². The van der Waals surface area contributed by atoms with Gasteiger partial charge in [-0.05, 0) is 20.0 Å². The van der Waals surface area contributed by atoms with E-state index in [4.69, 9.17) is 5.21 Å². The second-order valence-electron chi connectivity index (χ2n) is 4.15. The van der Waals surface area contributed by atoms with Crippen molar-refractivity contribution in [3.05, 3.63) is 35.4 Å². The summed E-state index contributed by atoms with van der Waals surface area (Å²) in [6.07, 6.45) is 0. The first-order valence-corrected chi connectivity index (χ1v) is 7.34. The zero-order valence-electron chi connectivity index (χ0n) is 11.4. The number of nitrogens with zero attached hydrogens (tertiary/aromatic N) is 2. The number of aryl methyl sites for hydroxylation is 1. The van der Waals surface area contributed by atoms with Crippen LogP contribution in [-0.4, -0.2) is 40.5 Å². The van der Waals surface area contributed by atoms with Crippen LogP contribution >= 0.6 is 11.8 Å². The second-order valence-corrected chi connectivity index (χ2v) is 5.23. The van der Waals surface area contributed by atoms with E-state index in [9.17, 15) is 0 Å². The van der Waals surface area contributed by atoms with Crippen LogP contribution in [0.3, 0.4) is 0 Å². The van der Waals surface area contributed by atoms with Gasteiger partial charge in [-0.1, -0.05) is 48.8 Å². The van der Waals surface area contributed by atoms with E-state index in [1.54, 1.807) is 11.8 Å². The minimum Gasteiger partial charge on any atom is -0.410 e. The highest BCUT2D eigenvalue weighted by Gasteiger charge is 2.06. The Morgan fingerprint density at radius 3 is 2.33 bits per heavy atom. The average molecular weight is 266 g/mol. The molecular formula is C14H22N2OS. The highest BCUT2D eigenvalue weighted by atomic mass is 32.2. The summed E-state index contributed by atoms with van der Waals surface area (Å²) in [6, 6.07) is 8.06. The van der Waals surface area contributed by atoms with Crippen molar-refractivity contribution < 1.29 is 5.21 Å². The minimum absolute atomic E-state index is 0.696. The number of hydrogen-bond donors (Lipinski definition) is 1. The lowest BCUT2D eigenvalue weighted by Crippen LogP contribution is -2.25. The van der Waals surface area contributed by atoms with Gasteiger partial charge in [0.2, 0.25) is 0 Å². The van der Waals surface area contributed by atoms with Gasteiger partial charge in [-0.2, -0.15) is 0 Å². The highest BCUT2D eigenvalue weighted by molar-refractivity contribution is 8.14. The molecule has 1 rings (SSSR count). The largest absolute Gasteiger partial charge is 0.410 e. The van der Waals surface area contributed by atoms with Gasteiger partial charge in [-0.15, -0.1) is 11.8 Å². The lowest BCUT2D eigenvalue weighted by Gasteiger charge is -2.17. The first-order chi connectivity index (χ1) is 8.71. The van der Waals surface area contributed by atoms with Crippen molar-refractivity contribution in [1.29, 1.82) is 0 Å². The first kappa shape index (κ1) is 15.1. The molecule has 0 amide bonds. The van der Waals surface area contributed by atoms with Crippen LogP contribution < -0.4 is 0 Å². The smallest absolute Gasteiger partial charge is 0.143 e. The van der Waals surface area contributed by atoms with Crippen molar-refractivity contribution in [2.45, 2.75) is 20.8 Å². The standard InChI is InChI=1S/C14H22N2OS/c1-4-16(5-2)10-11-18-14(15-17)13-8-6-12(3)7-9-13/h6-9,17H,4-5,10-11H2,1-3H3. The fraction of sp³-hybridized carbons (Fsp3) is 0.500. The Morgan fingerprint density at radius 2 is 1.83 bits per heavy atom. The molecule has 0 aliphatic rings. The Labute approximate surface area is 114 Å². The fourth-order valence-corrected chi connectivity index (χ4v) is 2.58. The molecule has 100 valence electrons. The van der Waals surface area contributed by atoms with E-state index in [-0.39, 0.29) is 0 Å². The molecule has 0 unspecified atom stereocenters. The quantitative estimate of drug-likeness (QED) is 0.372. The molecule has 1 aromatic rings. The lowest BCUT2D eigenvalue weighted by molar-refractivity contribution is 0.320. The molecule has 1 N–H and O–H groups in total. The molecule has 0 aliphatic heterocycles. The second kappa shape index (κ2) is 8.16. The van der Waals surface area contributed by atoms with Crippen molar-refractivity contribution in [3.8, 4) is 0 Å². The maximum atomic E-state index is 9.08. The first-order valence-electron chi connectivity index (χ1n) is 6.35. The normalized spacial score (nSPS) is 12.1. The Hall–Kier alpha value is -1.00. The summed E-state index contributed by atoms with van der Waals surface area (Å²) in [5.74, 6) is 0.939. The van der Waals surface area contributed by atoms with Crippen LogP contribution in [0.5, 0.6) is 0 Å². The summed E-state index contributed by atoms with van der Waals surface area (Å²) in [4.78, 5) is 2.36. The predicted octanol–water partition coefficient (Wildman–Crippen LogP) is 3.21. The van der Waals surface area contributed by atoms with Gasteiger partial charge in [0.1, 0.15) is 5.04 Å². The molecule has 1 aromatic carbocycles. The molecule has 18 heavy (non-hydrogen) atoms. The zero-order chi connectivity index (χ0) is 13.4. The molecule has 0 atom stereocenters. The molecule has 0 fully saturated rings. The highest BCUT2D eigenvalue weighted by Crippen LogP contribution is 2.14. The number of benzene rings is 1. The monoisotopic (exact) mass is 266 g/mol. The summed E-state index contributed by atoms with van der Waals surface area (Å²) in [5.41, 5.74) is 2.19. The summed E-state index contributed by atoms with van der Waals surface area (Å²) in [7, 11) is 0. The van der Waals surface area contributed by atoms with Crippen molar-refractivity contribution in [2.24, 2.45) is 5.16 Å². The van der Waals surface area contributed by atoms with Crippen LogP contribution in [0, 0.1) is 6.92 Å². The third kappa shape index (κ3) is 4.70. The Balaban J connectivity index is 2.51. The van der Waals surface area contributed by atoms with Gasteiger partial charge in [0.15, 0.2) is 0 Å². The van der Waals surface area contributed by atoms with Crippen molar-refractivity contribution in [2.75, 3.05) is 25.4 Å². The van der Waals surface area contributed by atoms with Crippen LogP contribution in [0.4, 0.5) is 0 Å². The molecule has 0 aliphatic carbocycles. The number of thioether (sulfide) groups is 1. The van der Waals surface area contributed by atoms with E-state index in [1.807, 2.05) is 31.2 Å². The molecule has 0 spiro atoms. The van der Waals surface area contributed by atoms with E-state index in [2.05, 4.69) is 23.9 Å². The molecule has 0 aromatic heterocycles. The van der Waals surface area contributed by atoms with Crippen LogP contribution in [0.1, 0.15) is 25.0 Å². The van der Waals surface area contributed by atoms with Crippen molar-refractivity contribution in [3.63, 3.8) is 0 Å². The molecule has 3 nitrogen and oxygen atoms in total. The number of hydrogen-bond acceptors (Lipinski definition) is 4. The topological polar surface area (TPSA) is 35.8 Å². The number of oxime groups is 1. The average Bonchev–Trinajstić information content (AvgIpc) is 2.41. The SMILES string of the molecule is CCN(CC)CCSC(=NO)c1ccc(C)cc1. The van der Waals surface area contributed by atoms with Crippen LogP contribution in [0.25, 0.3) is 0 Å². The number of rotatable bonds is 6. The molecule has 0 saturated heterocycles. The molecule has 0 heterocycles. The third-order valence-electron chi connectivity index (χ3n) is 2.93. The molecule has 0 bridgehead atoms. The van der Waals surface area contributed by atoms with Crippen molar-refractivity contribution in [1.82, 2.24) is 4.90 Å². The lowest BCUT2D eigenvalue weighted by atomic mass is 10.2. The van der Waals surface area contributed by atoms with Gasteiger partial charge in [0, 0.05) is 17.9 Å². The van der Waals surface area contributed by atoms with Gasteiger partial charge >= 0.3 is 0 Å². The maximum absolute atomic E-state index is 9.08. The molecular weight excluding hydrogens is 244 g/mol. The zero-order valence-corrected chi connectivity index (χ0v) is 12.2. The Bertz CT molecular complexity index is 372. The molecule has 0 radical (unpaired) electrons. The van der Waals surface area contributed by atoms with E-state index in [1.165, 1.54) is 5.56 Å². The van der Waals surface area contributed by atoms with Crippen LogP contribution in [-0.2, 0) is 0 Å². The van der Waals surface area contributed by atoms with Gasteiger partial charge < -0.3 is 10.1 Å². The van der Waals surface area contributed by atoms with E-state index >= 15 is 0 Å². The Kier molecular flexibility index (Phi) is 6.83. The minimum atomic E-state index is 0.696. The van der Waals surface area contributed by atoms with Gasteiger partial charge in [-0.25, -0.2) is 0 Å². The fourth-order valence-electron chi connectivity index (χ4n) is 1.68. The van der Waals surface area contributed by atoms with Crippen LogP contribution in [0.15, 0.2) is 29.4 Å². The summed E-state index contributed by atoms with van der Waals surface area (Å²) in [5, 5.41) is 13.2. The molecule has 4 heteroatoms.